The molecule has 0 rings (SSSR count). The molecule has 0 saturated heterocycles. The number of ether oxygens (including phenoxy) is 3. The number of allylic oxidation sites excluding steroid dienone is 12. The number of esters is 3. The van der Waals surface area contributed by atoms with E-state index in [1.54, 1.807) is 0 Å². The highest BCUT2D eigenvalue weighted by Crippen LogP contribution is 2.16. The van der Waals surface area contributed by atoms with Crippen molar-refractivity contribution in [2.45, 2.75) is 284 Å². The number of carbonyl (C=O) groups excluding carboxylic acids is 3. The Morgan fingerprint density at radius 1 is 0.299 bits per heavy atom. The van der Waals surface area contributed by atoms with E-state index in [1.807, 2.05) is 0 Å². The van der Waals surface area contributed by atoms with Gasteiger partial charge in [0.25, 0.3) is 0 Å². The molecule has 6 heteroatoms. The van der Waals surface area contributed by atoms with Crippen molar-refractivity contribution in [2.75, 3.05) is 13.2 Å². The molecule has 1 atom stereocenters. The predicted octanol–water partition coefficient (Wildman–Crippen LogP) is 19.0. The SMILES string of the molecule is CCCCC\C=C/C=C\C=C/C=C\CCCCCCCC(=O)OC(COC(=O)CCCCCCCCCCCC/C=C\C=C/CCCCC)COC(=O)CCCCCCCCCCCCCC. The van der Waals surface area contributed by atoms with Crippen molar-refractivity contribution < 1.29 is 28.6 Å². The number of rotatable bonds is 51. The van der Waals surface area contributed by atoms with Gasteiger partial charge in [0.1, 0.15) is 13.2 Å². The Morgan fingerprint density at radius 3 is 0.881 bits per heavy atom. The maximum Gasteiger partial charge on any atom is 0.306 e. The summed E-state index contributed by atoms with van der Waals surface area (Å²) in [5.41, 5.74) is 0. The molecule has 0 heterocycles. The third-order valence-electron chi connectivity index (χ3n) is 12.3. The van der Waals surface area contributed by atoms with Gasteiger partial charge in [0.2, 0.25) is 0 Å². The second-order valence-electron chi connectivity index (χ2n) is 19.0. The van der Waals surface area contributed by atoms with Crippen LogP contribution in [-0.4, -0.2) is 37.2 Å². The molecule has 0 aliphatic rings. The minimum atomic E-state index is -0.788. The van der Waals surface area contributed by atoms with Gasteiger partial charge in [0, 0.05) is 19.3 Å². The normalized spacial score (nSPS) is 12.6. The maximum absolute atomic E-state index is 12.8. The molecule has 0 aliphatic carbocycles. The van der Waals surface area contributed by atoms with Crippen LogP contribution in [0.3, 0.4) is 0 Å². The summed E-state index contributed by atoms with van der Waals surface area (Å²) in [7, 11) is 0. The van der Waals surface area contributed by atoms with Crippen LogP contribution in [0.2, 0.25) is 0 Å². The molecule has 386 valence electrons. The Balaban J connectivity index is 4.40. The number of unbranched alkanes of at least 4 members (excludes halogenated alkanes) is 32. The van der Waals surface area contributed by atoms with E-state index >= 15 is 0 Å². The van der Waals surface area contributed by atoms with Crippen molar-refractivity contribution in [3.05, 3.63) is 72.9 Å². The fourth-order valence-corrected chi connectivity index (χ4v) is 7.98. The fourth-order valence-electron chi connectivity index (χ4n) is 7.98. The van der Waals surface area contributed by atoms with Crippen LogP contribution in [0.4, 0.5) is 0 Å². The van der Waals surface area contributed by atoms with Crippen molar-refractivity contribution in [2.24, 2.45) is 0 Å². The van der Waals surface area contributed by atoms with E-state index in [2.05, 4.69) is 93.7 Å². The highest BCUT2D eigenvalue weighted by molar-refractivity contribution is 5.71. The van der Waals surface area contributed by atoms with Crippen molar-refractivity contribution in [3.8, 4) is 0 Å². The minimum absolute atomic E-state index is 0.0842. The Kier molecular flexibility index (Phi) is 52.8. The van der Waals surface area contributed by atoms with Gasteiger partial charge in [-0.3, -0.25) is 14.4 Å². The summed E-state index contributed by atoms with van der Waals surface area (Å²) in [5.74, 6) is -0.903. The Hall–Kier alpha value is -3.15. The largest absolute Gasteiger partial charge is 0.462 e. The molecule has 0 spiro atoms. The maximum atomic E-state index is 12.8. The fraction of sp³-hybridized carbons (Fsp3) is 0.754. The molecule has 0 fully saturated rings. The lowest BCUT2D eigenvalue weighted by Gasteiger charge is -2.18. The first-order chi connectivity index (χ1) is 33.0. The number of hydrogen-bond donors (Lipinski definition) is 0. The van der Waals surface area contributed by atoms with Crippen LogP contribution < -0.4 is 0 Å². The third-order valence-corrected chi connectivity index (χ3v) is 12.3. The summed E-state index contributed by atoms with van der Waals surface area (Å²) >= 11 is 0. The van der Waals surface area contributed by atoms with Gasteiger partial charge in [-0.15, -0.1) is 0 Å². The van der Waals surface area contributed by atoms with Crippen molar-refractivity contribution in [1.29, 1.82) is 0 Å². The molecule has 1 unspecified atom stereocenters. The van der Waals surface area contributed by atoms with Gasteiger partial charge in [-0.05, 0) is 70.6 Å². The van der Waals surface area contributed by atoms with Crippen molar-refractivity contribution in [3.63, 3.8) is 0 Å². The third kappa shape index (κ3) is 53.7. The molecular weight excluding hydrogens is 829 g/mol. The summed E-state index contributed by atoms with van der Waals surface area (Å²) in [6.07, 6.45) is 70.2. The second-order valence-corrected chi connectivity index (χ2v) is 19.0. The molecule has 6 nitrogen and oxygen atoms in total. The second kappa shape index (κ2) is 55.4. The van der Waals surface area contributed by atoms with Gasteiger partial charge in [-0.2, -0.15) is 0 Å². The molecule has 0 aromatic carbocycles. The van der Waals surface area contributed by atoms with Gasteiger partial charge in [0.15, 0.2) is 6.10 Å². The molecule has 0 saturated carbocycles. The summed E-state index contributed by atoms with van der Waals surface area (Å²) in [6, 6.07) is 0. The zero-order valence-electron chi connectivity index (χ0n) is 44.2. The Labute approximate surface area is 414 Å². The van der Waals surface area contributed by atoms with E-state index in [0.29, 0.717) is 19.3 Å². The van der Waals surface area contributed by atoms with E-state index in [0.717, 1.165) is 83.5 Å². The standard InChI is InChI=1S/C61H106O6/c1-4-7-10-13-16-19-22-25-27-29-31-33-34-36-39-42-45-48-51-54-60(63)66-57-58(56-65-59(62)53-50-47-44-41-38-24-21-18-15-12-9-6-3)67-61(64)55-52-49-46-43-40-37-35-32-30-28-26-23-20-17-14-11-8-5-2/h16-17,19-20,22-23,25-26,28,30,32,35,58H,4-15,18,21,24,27,29,31,33-34,36-57H2,1-3H3/b19-16-,20-17-,25-22-,26-23-,30-28-,35-32-. The van der Waals surface area contributed by atoms with E-state index in [-0.39, 0.29) is 31.1 Å². The van der Waals surface area contributed by atoms with Gasteiger partial charge < -0.3 is 14.2 Å². The monoisotopic (exact) mass is 935 g/mol. The van der Waals surface area contributed by atoms with E-state index in [9.17, 15) is 14.4 Å². The number of carbonyl (C=O) groups is 3. The first kappa shape index (κ1) is 63.8. The van der Waals surface area contributed by atoms with E-state index in [4.69, 9.17) is 14.2 Å². The lowest BCUT2D eigenvalue weighted by atomic mass is 10.0. The zero-order valence-corrected chi connectivity index (χ0v) is 44.2. The van der Waals surface area contributed by atoms with Crippen LogP contribution in [0.15, 0.2) is 72.9 Å². The van der Waals surface area contributed by atoms with Gasteiger partial charge >= 0.3 is 17.9 Å². The van der Waals surface area contributed by atoms with E-state index in [1.165, 1.54) is 154 Å². The Morgan fingerprint density at radius 2 is 0.537 bits per heavy atom. The van der Waals surface area contributed by atoms with Crippen LogP contribution in [-0.2, 0) is 28.6 Å². The average Bonchev–Trinajstić information content (AvgIpc) is 3.33. The highest BCUT2D eigenvalue weighted by Gasteiger charge is 2.19. The first-order valence-corrected chi connectivity index (χ1v) is 28.5. The quantitative estimate of drug-likeness (QED) is 0.0262. The molecule has 0 amide bonds. The van der Waals surface area contributed by atoms with Gasteiger partial charge in [-0.1, -0.05) is 261 Å². The smallest absolute Gasteiger partial charge is 0.306 e. The molecular formula is C61H106O6. The topological polar surface area (TPSA) is 78.9 Å². The van der Waals surface area contributed by atoms with Crippen LogP contribution in [0.1, 0.15) is 278 Å². The lowest BCUT2D eigenvalue weighted by molar-refractivity contribution is -0.167. The zero-order chi connectivity index (χ0) is 48.6. The summed E-state index contributed by atoms with van der Waals surface area (Å²) in [5, 5.41) is 0. The average molecular weight is 936 g/mol. The summed E-state index contributed by atoms with van der Waals surface area (Å²) in [4.78, 5) is 38.1. The Bertz CT molecular complexity index is 1260. The van der Waals surface area contributed by atoms with Crippen molar-refractivity contribution >= 4 is 17.9 Å². The molecule has 0 radical (unpaired) electrons. The lowest BCUT2D eigenvalue weighted by Crippen LogP contribution is -2.30. The molecule has 0 aromatic rings. The van der Waals surface area contributed by atoms with Crippen LogP contribution in [0.25, 0.3) is 0 Å². The van der Waals surface area contributed by atoms with Gasteiger partial charge in [-0.25, -0.2) is 0 Å². The predicted molar refractivity (Wildman–Crippen MR) is 288 cm³/mol. The molecule has 67 heavy (non-hydrogen) atoms. The van der Waals surface area contributed by atoms with Crippen molar-refractivity contribution in [1.82, 2.24) is 0 Å². The van der Waals surface area contributed by atoms with Gasteiger partial charge in [0.05, 0.1) is 0 Å². The molecule has 0 bridgehead atoms. The van der Waals surface area contributed by atoms with Crippen LogP contribution >= 0.6 is 0 Å². The summed E-state index contributed by atoms with van der Waals surface area (Å²) < 4.78 is 16.8. The summed E-state index contributed by atoms with van der Waals surface area (Å²) in [6.45, 7) is 6.57. The number of hydrogen-bond acceptors (Lipinski definition) is 6. The molecule has 0 aromatic heterocycles. The highest BCUT2D eigenvalue weighted by atomic mass is 16.6. The van der Waals surface area contributed by atoms with Crippen LogP contribution in [0, 0.1) is 0 Å². The minimum Gasteiger partial charge on any atom is -0.462 e. The molecule has 0 aliphatic heterocycles. The first-order valence-electron chi connectivity index (χ1n) is 28.5. The molecule has 0 N–H and O–H groups in total. The van der Waals surface area contributed by atoms with E-state index < -0.39 is 6.10 Å². The van der Waals surface area contributed by atoms with Crippen LogP contribution in [0.5, 0.6) is 0 Å².